The summed E-state index contributed by atoms with van der Waals surface area (Å²) >= 11 is 11.5. The van der Waals surface area contributed by atoms with Crippen LogP contribution in [-0.4, -0.2) is 17.6 Å². The van der Waals surface area contributed by atoms with Crippen LogP contribution in [0.4, 0.5) is 0 Å². The van der Waals surface area contributed by atoms with E-state index in [0.717, 1.165) is 12.3 Å². The van der Waals surface area contributed by atoms with E-state index in [1.165, 1.54) is 31.4 Å². The molecule has 0 unspecified atom stereocenters. The zero-order valence-electron chi connectivity index (χ0n) is 9.29. The highest BCUT2D eigenvalue weighted by Gasteiger charge is 2.18. The lowest BCUT2D eigenvalue weighted by atomic mass is 9.83. The van der Waals surface area contributed by atoms with Crippen LogP contribution in [0.25, 0.3) is 0 Å². The average Bonchev–Trinajstić information content (AvgIpc) is 2.21. The van der Waals surface area contributed by atoms with Gasteiger partial charge in [-0.05, 0) is 24.5 Å². The zero-order valence-corrected chi connectivity index (χ0v) is 10.8. The maximum atomic E-state index is 11.7. The first-order valence-corrected chi connectivity index (χ1v) is 6.41. The van der Waals surface area contributed by atoms with Crippen molar-refractivity contribution in [2.75, 3.05) is 6.61 Å². The monoisotopic (exact) mass is 273 g/mol. The number of hydrogen-bond donors (Lipinski definition) is 0. The van der Waals surface area contributed by atoms with Crippen molar-refractivity contribution in [3.05, 3.63) is 28.0 Å². The number of hydrogen-bond acceptors (Lipinski definition) is 3. The first-order valence-electron chi connectivity index (χ1n) is 5.66. The second kappa shape index (κ2) is 5.69. The van der Waals surface area contributed by atoms with E-state index in [1.807, 2.05) is 0 Å². The molecule has 0 atom stereocenters. The van der Waals surface area contributed by atoms with Gasteiger partial charge in [-0.1, -0.05) is 42.5 Å². The first-order chi connectivity index (χ1) is 8.16. The molecule has 0 amide bonds. The van der Waals surface area contributed by atoms with Gasteiger partial charge in [0.1, 0.15) is 10.3 Å². The summed E-state index contributed by atoms with van der Waals surface area (Å²) in [5.74, 6) is 0.292. The van der Waals surface area contributed by atoms with E-state index in [1.54, 1.807) is 0 Å². The van der Waals surface area contributed by atoms with Crippen LogP contribution in [0.5, 0.6) is 0 Å². The molecule has 0 spiro atoms. The molecular formula is C12H13Cl2NO2. The van der Waals surface area contributed by atoms with Gasteiger partial charge in [-0.25, -0.2) is 9.78 Å². The molecule has 1 aromatic heterocycles. The minimum absolute atomic E-state index is 0.0890. The van der Waals surface area contributed by atoms with Crippen molar-refractivity contribution >= 4 is 29.2 Å². The van der Waals surface area contributed by atoms with E-state index in [4.69, 9.17) is 27.9 Å². The number of esters is 1. The van der Waals surface area contributed by atoms with Crippen LogP contribution in [-0.2, 0) is 4.74 Å². The van der Waals surface area contributed by atoms with Crippen molar-refractivity contribution in [3.8, 4) is 0 Å². The number of carbonyl (C=O) groups is 1. The molecule has 1 fully saturated rings. The lowest BCUT2D eigenvalue weighted by Crippen LogP contribution is -2.15. The molecule has 2 rings (SSSR count). The van der Waals surface area contributed by atoms with Crippen LogP contribution in [0.15, 0.2) is 12.1 Å². The van der Waals surface area contributed by atoms with Crippen LogP contribution in [0.2, 0.25) is 10.3 Å². The Morgan fingerprint density at radius 1 is 1.41 bits per heavy atom. The number of carbonyl (C=O) groups excluding carboxylic acids is 1. The molecule has 3 nitrogen and oxygen atoms in total. The van der Waals surface area contributed by atoms with E-state index in [-0.39, 0.29) is 15.9 Å². The smallest absolute Gasteiger partial charge is 0.341 e. The first kappa shape index (κ1) is 12.7. The van der Waals surface area contributed by atoms with Crippen LogP contribution < -0.4 is 0 Å². The van der Waals surface area contributed by atoms with E-state index in [9.17, 15) is 4.79 Å². The van der Waals surface area contributed by atoms with Gasteiger partial charge in [-0.15, -0.1) is 0 Å². The lowest BCUT2D eigenvalue weighted by molar-refractivity contribution is 0.0464. The van der Waals surface area contributed by atoms with Gasteiger partial charge in [-0.2, -0.15) is 0 Å². The predicted octanol–water partition coefficient (Wildman–Crippen LogP) is 3.74. The largest absolute Gasteiger partial charge is 0.462 e. The molecule has 1 saturated carbocycles. The number of aromatic nitrogens is 1. The minimum Gasteiger partial charge on any atom is -0.462 e. The van der Waals surface area contributed by atoms with Gasteiger partial charge in [0.15, 0.2) is 0 Å². The van der Waals surface area contributed by atoms with Gasteiger partial charge in [0.25, 0.3) is 0 Å². The van der Waals surface area contributed by atoms with Crippen LogP contribution in [0, 0.1) is 5.92 Å². The molecule has 0 aliphatic heterocycles. The molecule has 5 heteroatoms. The summed E-state index contributed by atoms with van der Waals surface area (Å²) in [5, 5.41) is 0.354. The molecule has 17 heavy (non-hydrogen) atoms. The fourth-order valence-corrected chi connectivity index (χ4v) is 2.16. The minimum atomic E-state index is -0.432. The van der Waals surface area contributed by atoms with Gasteiger partial charge < -0.3 is 4.74 Å². The second-order valence-electron chi connectivity index (χ2n) is 4.19. The molecule has 1 heterocycles. The van der Waals surface area contributed by atoms with Crippen molar-refractivity contribution in [1.29, 1.82) is 0 Å². The van der Waals surface area contributed by atoms with Crippen molar-refractivity contribution < 1.29 is 9.53 Å². The summed E-state index contributed by atoms with van der Waals surface area (Å²) in [6.45, 7) is 0.447. The van der Waals surface area contributed by atoms with Crippen molar-refractivity contribution in [2.24, 2.45) is 5.92 Å². The van der Waals surface area contributed by atoms with E-state index >= 15 is 0 Å². The average molecular weight is 274 g/mol. The number of nitrogens with zero attached hydrogens (tertiary/aromatic N) is 1. The molecule has 0 radical (unpaired) electrons. The highest BCUT2D eigenvalue weighted by molar-refractivity contribution is 6.34. The summed E-state index contributed by atoms with van der Waals surface area (Å²) in [4.78, 5) is 15.5. The normalized spacial score (nSPS) is 15.4. The van der Waals surface area contributed by atoms with E-state index < -0.39 is 5.97 Å². The number of halogens is 2. The van der Waals surface area contributed by atoms with Gasteiger partial charge in [-0.3, -0.25) is 0 Å². The molecule has 0 N–H and O–H groups in total. The third kappa shape index (κ3) is 3.33. The third-order valence-corrected chi connectivity index (χ3v) is 3.52. The SMILES string of the molecule is O=C(OCCC1CCC1)c1ccc(Cl)nc1Cl. The third-order valence-electron chi connectivity index (χ3n) is 3.02. The Morgan fingerprint density at radius 2 is 2.18 bits per heavy atom. The maximum absolute atomic E-state index is 11.7. The number of rotatable bonds is 4. The summed E-state index contributed by atoms with van der Waals surface area (Å²) < 4.78 is 5.15. The van der Waals surface area contributed by atoms with Crippen LogP contribution >= 0.6 is 23.2 Å². The van der Waals surface area contributed by atoms with Crippen molar-refractivity contribution in [3.63, 3.8) is 0 Å². The molecular weight excluding hydrogens is 261 g/mol. The fourth-order valence-electron chi connectivity index (χ4n) is 1.74. The van der Waals surface area contributed by atoms with Crippen LogP contribution in [0.3, 0.4) is 0 Å². The molecule has 1 aliphatic rings. The van der Waals surface area contributed by atoms with E-state index in [2.05, 4.69) is 4.98 Å². The van der Waals surface area contributed by atoms with Gasteiger partial charge in [0, 0.05) is 0 Å². The highest BCUT2D eigenvalue weighted by Crippen LogP contribution is 2.29. The van der Waals surface area contributed by atoms with Gasteiger partial charge in [0.2, 0.25) is 0 Å². The maximum Gasteiger partial charge on any atom is 0.341 e. The quantitative estimate of drug-likeness (QED) is 0.620. The Hall–Kier alpha value is -0.800. The molecule has 0 aromatic carbocycles. The van der Waals surface area contributed by atoms with Crippen molar-refractivity contribution in [2.45, 2.75) is 25.7 Å². The predicted molar refractivity (Wildman–Crippen MR) is 66.5 cm³/mol. The Balaban J connectivity index is 1.85. The van der Waals surface area contributed by atoms with Gasteiger partial charge in [0.05, 0.1) is 12.2 Å². The zero-order chi connectivity index (χ0) is 12.3. The Labute approximate surface area is 110 Å². The standard InChI is InChI=1S/C12H13Cl2NO2/c13-10-5-4-9(11(14)15-10)12(16)17-7-6-8-2-1-3-8/h4-5,8H,1-3,6-7H2. The van der Waals surface area contributed by atoms with Gasteiger partial charge >= 0.3 is 5.97 Å². The van der Waals surface area contributed by atoms with Crippen LogP contribution in [0.1, 0.15) is 36.0 Å². The molecule has 0 saturated heterocycles. The molecule has 1 aromatic rings. The Morgan fingerprint density at radius 3 is 2.76 bits per heavy atom. The Bertz CT molecular complexity index is 419. The molecule has 1 aliphatic carbocycles. The summed E-state index contributed by atoms with van der Waals surface area (Å²) in [6, 6.07) is 3.05. The Kier molecular flexibility index (Phi) is 4.24. The highest BCUT2D eigenvalue weighted by atomic mass is 35.5. The van der Waals surface area contributed by atoms with E-state index in [0.29, 0.717) is 6.61 Å². The summed E-state index contributed by atoms with van der Waals surface area (Å²) in [6.07, 6.45) is 4.73. The lowest BCUT2D eigenvalue weighted by Gasteiger charge is -2.24. The number of ether oxygens (including phenoxy) is 1. The summed E-state index contributed by atoms with van der Waals surface area (Å²) in [5.41, 5.74) is 0.268. The topological polar surface area (TPSA) is 39.2 Å². The van der Waals surface area contributed by atoms with Crippen molar-refractivity contribution in [1.82, 2.24) is 4.98 Å². The molecule has 92 valence electrons. The number of pyridine rings is 1. The molecule has 0 bridgehead atoms. The summed E-state index contributed by atoms with van der Waals surface area (Å²) in [7, 11) is 0. The second-order valence-corrected chi connectivity index (χ2v) is 4.94. The fraction of sp³-hybridized carbons (Fsp3) is 0.500.